The number of pyridine rings is 1. The van der Waals surface area contributed by atoms with Crippen LogP contribution in [0, 0.1) is 5.92 Å². The number of carbonyl (C=O) groups excluding carboxylic acids is 2. The lowest BCUT2D eigenvalue weighted by Gasteiger charge is -2.36. The zero-order valence-electron chi connectivity index (χ0n) is 17.3. The molecule has 0 aromatic carbocycles. The van der Waals surface area contributed by atoms with E-state index in [9.17, 15) is 9.59 Å². The van der Waals surface area contributed by atoms with Crippen molar-refractivity contribution in [1.29, 1.82) is 0 Å². The Morgan fingerprint density at radius 2 is 1.86 bits per heavy atom. The molecule has 2 aliphatic rings. The van der Waals surface area contributed by atoms with Crippen LogP contribution in [0.2, 0.25) is 0 Å². The fourth-order valence-corrected chi connectivity index (χ4v) is 3.50. The lowest BCUT2D eigenvalue weighted by atomic mass is 10.1. The Morgan fingerprint density at radius 1 is 1.14 bits per heavy atom. The van der Waals surface area contributed by atoms with Crippen LogP contribution in [0.5, 0.6) is 0 Å². The topological polar surface area (TPSA) is 78.0 Å². The molecule has 2 saturated heterocycles. The Morgan fingerprint density at radius 3 is 2.39 bits per heavy atom. The molecule has 2 fully saturated rings. The van der Waals surface area contributed by atoms with Crippen LogP contribution < -0.4 is 10.2 Å². The minimum absolute atomic E-state index is 0.0346. The summed E-state index contributed by atoms with van der Waals surface area (Å²) in [7, 11) is 2.03. The summed E-state index contributed by atoms with van der Waals surface area (Å²) in [6, 6.07) is 3.80. The molecule has 0 radical (unpaired) electrons. The molecule has 0 saturated carbocycles. The first-order valence-corrected chi connectivity index (χ1v) is 9.89. The van der Waals surface area contributed by atoms with Crippen molar-refractivity contribution in [3.63, 3.8) is 0 Å². The maximum atomic E-state index is 12.3. The van der Waals surface area contributed by atoms with Gasteiger partial charge in [-0.05, 0) is 52.9 Å². The van der Waals surface area contributed by atoms with E-state index in [1.807, 2.05) is 40.0 Å². The molecule has 8 heteroatoms. The minimum Gasteiger partial charge on any atom is -0.444 e. The number of nitrogens with one attached hydrogen (secondary N) is 1. The second-order valence-electron chi connectivity index (χ2n) is 8.59. The molecule has 0 unspecified atom stereocenters. The van der Waals surface area contributed by atoms with E-state index in [0.29, 0.717) is 18.9 Å². The van der Waals surface area contributed by atoms with Crippen LogP contribution >= 0.6 is 0 Å². The zero-order chi connectivity index (χ0) is 20.3. The molecule has 1 atom stereocenters. The summed E-state index contributed by atoms with van der Waals surface area (Å²) >= 11 is 0. The molecular weight excluding hydrogens is 358 g/mol. The molecule has 8 nitrogen and oxygen atoms in total. The van der Waals surface area contributed by atoms with Crippen molar-refractivity contribution in [2.45, 2.75) is 32.8 Å². The van der Waals surface area contributed by atoms with Gasteiger partial charge in [0.25, 0.3) is 0 Å². The van der Waals surface area contributed by atoms with Gasteiger partial charge in [0.1, 0.15) is 11.4 Å². The highest BCUT2D eigenvalue weighted by Gasteiger charge is 2.27. The summed E-state index contributed by atoms with van der Waals surface area (Å²) in [6.45, 7) is 10.0. The summed E-state index contributed by atoms with van der Waals surface area (Å²) in [6.07, 6.45) is 2.41. The van der Waals surface area contributed by atoms with Crippen molar-refractivity contribution in [2.24, 2.45) is 5.92 Å². The van der Waals surface area contributed by atoms with Gasteiger partial charge in [0.15, 0.2) is 0 Å². The van der Waals surface area contributed by atoms with Crippen molar-refractivity contribution in [1.82, 2.24) is 14.8 Å². The molecule has 1 aromatic rings. The molecule has 0 spiro atoms. The van der Waals surface area contributed by atoms with Gasteiger partial charge in [-0.15, -0.1) is 0 Å². The molecule has 0 bridgehead atoms. The van der Waals surface area contributed by atoms with E-state index in [2.05, 4.69) is 20.1 Å². The lowest BCUT2D eigenvalue weighted by Crippen LogP contribution is -2.50. The van der Waals surface area contributed by atoms with Gasteiger partial charge in [0.05, 0.1) is 17.8 Å². The van der Waals surface area contributed by atoms with E-state index in [0.717, 1.165) is 38.3 Å². The van der Waals surface area contributed by atoms with Crippen molar-refractivity contribution in [2.75, 3.05) is 56.5 Å². The fourth-order valence-electron chi connectivity index (χ4n) is 3.50. The Kier molecular flexibility index (Phi) is 6.07. The Hall–Kier alpha value is -2.35. The summed E-state index contributed by atoms with van der Waals surface area (Å²) in [5.41, 5.74) is 0.509. The number of aromatic nitrogens is 1. The summed E-state index contributed by atoms with van der Waals surface area (Å²) < 4.78 is 5.43. The van der Waals surface area contributed by atoms with Gasteiger partial charge >= 0.3 is 6.09 Å². The molecule has 3 heterocycles. The third-order valence-electron chi connectivity index (χ3n) is 5.06. The molecule has 28 heavy (non-hydrogen) atoms. The Balaban J connectivity index is 1.49. The number of hydrogen-bond acceptors (Lipinski definition) is 6. The van der Waals surface area contributed by atoms with Gasteiger partial charge in [-0.3, -0.25) is 4.79 Å². The normalized spacial score (nSPS) is 20.9. The largest absolute Gasteiger partial charge is 0.444 e. The predicted molar refractivity (Wildman–Crippen MR) is 108 cm³/mol. The van der Waals surface area contributed by atoms with Crippen molar-refractivity contribution in [3.8, 4) is 0 Å². The van der Waals surface area contributed by atoms with E-state index >= 15 is 0 Å². The Bertz CT molecular complexity index is 693. The number of nitrogens with zero attached hydrogens (tertiary/aromatic N) is 4. The van der Waals surface area contributed by atoms with E-state index < -0.39 is 5.60 Å². The number of amides is 2. The Labute approximate surface area is 166 Å². The third kappa shape index (κ3) is 5.34. The smallest absolute Gasteiger partial charge is 0.410 e. The van der Waals surface area contributed by atoms with Crippen LogP contribution in [0.1, 0.15) is 27.2 Å². The molecule has 3 rings (SSSR count). The highest BCUT2D eigenvalue weighted by Crippen LogP contribution is 2.20. The lowest BCUT2D eigenvalue weighted by molar-refractivity contribution is -0.119. The van der Waals surface area contributed by atoms with E-state index in [1.54, 1.807) is 11.1 Å². The second-order valence-corrected chi connectivity index (χ2v) is 8.59. The molecule has 2 amide bonds. The molecule has 0 aliphatic carbocycles. The number of rotatable bonds is 3. The first-order chi connectivity index (χ1) is 13.2. The van der Waals surface area contributed by atoms with Crippen LogP contribution in [-0.4, -0.2) is 78.7 Å². The van der Waals surface area contributed by atoms with Gasteiger partial charge < -0.3 is 24.8 Å². The van der Waals surface area contributed by atoms with Crippen LogP contribution in [0.3, 0.4) is 0 Å². The van der Waals surface area contributed by atoms with Crippen molar-refractivity contribution in [3.05, 3.63) is 18.3 Å². The van der Waals surface area contributed by atoms with Crippen molar-refractivity contribution < 1.29 is 14.3 Å². The van der Waals surface area contributed by atoms with E-state index in [-0.39, 0.29) is 17.9 Å². The molecular formula is C20H31N5O3. The van der Waals surface area contributed by atoms with Gasteiger partial charge in [-0.1, -0.05) is 0 Å². The first-order valence-electron chi connectivity index (χ1n) is 9.89. The second kappa shape index (κ2) is 8.34. The van der Waals surface area contributed by atoms with E-state index in [4.69, 9.17) is 4.74 Å². The highest BCUT2D eigenvalue weighted by atomic mass is 16.6. The zero-order valence-corrected chi connectivity index (χ0v) is 17.3. The number of ether oxygens (including phenoxy) is 1. The molecule has 1 aromatic heterocycles. The average molecular weight is 390 g/mol. The molecule has 154 valence electrons. The quantitative estimate of drug-likeness (QED) is 0.852. The third-order valence-corrected chi connectivity index (χ3v) is 5.06. The van der Waals surface area contributed by atoms with Gasteiger partial charge in [-0.2, -0.15) is 0 Å². The average Bonchev–Trinajstić information content (AvgIpc) is 3.08. The van der Waals surface area contributed by atoms with Gasteiger partial charge in [-0.25, -0.2) is 9.78 Å². The number of piperazine rings is 1. The summed E-state index contributed by atoms with van der Waals surface area (Å²) in [5.74, 6) is 0.652. The monoisotopic (exact) mass is 389 g/mol. The fraction of sp³-hybridized carbons (Fsp3) is 0.650. The van der Waals surface area contributed by atoms with Gasteiger partial charge in [0.2, 0.25) is 5.91 Å². The number of carbonyl (C=O) groups is 2. The van der Waals surface area contributed by atoms with Crippen LogP contribution in [0.15, 0.2) is 18.3 Å². The summed E-state index contributed by atoms with van der Waals surface area (Å²) in [4.78, 5) is 35.0. The highest BCUT2D eigenvalue weighted by molar-refractivity contribution is 5.92. The summed E-state index contributed by atoms with van der Waals surface area (Å²) in [5, 5.41) is 2.91. The SMILES string of the molecule is CN1CC[C@H](C(=O)Nc2ccc(N3CCN(C(=O)OC(C)(C)C)CC3)cn2)C1. The van der Waals surface area contributed by atoms with Crippen LogP contribution in [-0.2, 0) is 9.53 Å². The van der Waals surface area contributed by atoms with E-state index in [1.165, 1.54) is 0 Å². The van der Waals surface area contributed by atoms with Crippen molar-refractivity contribution >= 4 is 23.5 Å². The number of hydrogen-bond donors (Lipinski definition) is 1. The number of likely N-dealkylation sites (tertiary alicyclic amines) is 1. The van der Waals surface area contributed by atoms with Crippen LogP contribution in [0.4, 0.5) is 16.3 Å². The molecule has 1 N–H and O–H groups in total. The standard InChI is InChI=1S/C20H31N5O3/c1-20(2,3)28-19(27)25-11-9-24(10-12-25)16-5-6-17(21-13-16)22-18(26)15-7-8-23(4)14-15/h5-6,13,15H,7-12,14H2,1-4H3,(H,21,22,26)/t15-/m0/s1. The maximum absolute atomic E-state index is 12.3. The minimum atomic E-state index is -0.480. The van der Waals surface area contributed by atoms with Gasteiger partial charge in [0, 0.05) is 32.7 Å². The number of anilines is 2. The first kappa shape index (κ1) is 20.4. The van der Waals surface area contributed by atoms with Crippen LogP contribution in [0.25, 0.3) is 0 Å². The maximum Gasteiger partial charge on any atom is 0.410 e. The molecule has 2 aliphatic heterocycles. The predicted octanol–water partition coefficient (Wildman–Crippen LogP) is 2.03.